The Bertz CT molecular complexity index is 592. The predicted molar refractivity (Wildman–Crippen MR) is 74.6 cm³/mol. The van der Waals surface area contributed by atoms with Gasteiger partial charge in [0, 0.05) is 4.47 Å². The van der Waals surface area contributed by atoms with Crippen LogP contribution in [0.25, 0.3) is 0 Å². The average Bonchev–Trinajstić information content (AvgIpc) is 2.37. The summed E-state index contributed by atoms with van der Waals surface area (Å²) in [6, 6.07) is 4.56. The Balaban J connectivity index is 2.35. The van der Waals surface area contributed by atoms with Crippen molar-refractivity contribution in [2.45, 2.75) is 19.8 Å². The number of hydrogen-bond acceptors (Lipinski definition) is 4. The van der Waals surface area contributed by atoms with E-state index in [2.05, 4.69) is 25.9 Å². The zero-order chi connectivity index (χ0) is 13.8. The van der Waals surface area contributed by atoms with Gasteiger partial charge in [0.05, 0.1) is 5.56 Å². The van der Waals surface area contributed by atoms with Gasteiger partial charge in [-0.2, -0.15) is 0 Å². The fourth-order valence-corrected chi connectivity index (χ4v) is 1.98. The third kappa shape index (κ3) is 3.20. The minimum Gasteiger partial charge on any atom is -0.435 e. The normalized spacial score (nSPS) is 10.5. The SMILES string of the molecule is CCCc1c(N)ncnc1Oc1ccc(Br)cc1F. The van der Waals surface area contributed by atoms with E-state index in [-0.39, 0.29) is 5.75 Å². The Hall–Kier alpha value is -1.69. The van der Waals surface area contributed by atoms with Crippen LogP contribution in [-0.2, 0) is 6.42 Å². The van der Waals surface area contributed by atoms with Gasteiger partial charge in [0.15, 0.2) is 11.6 Å². The number of nitrogen functional groups attached to an aromatic ring is 1. The molecule has 0 unspecified atom stereocenters. The van der Waals surface area contributed by atoms with Crippen LogP contribution in [0.1, 0.15) is 18.9 Å². The predicted octanol–water partition coefficient (Wildman–Crippen LogP) is 3.71. The summed E-state index contributed by atoms with van der Waals surface area (Å²) >= 11 is 3.19. The summed E-state index contributed by atoms with van der Waals surface area (Å²) in [5.41, 5.74) is 6.49. The molecular formula is C13H13BrFN3O. The van der Waals surface area contributed by atoms with Gasteiger partial charge in [-0.05, 0) is 24.6 Å². The Kier molecular flexibility index (Phi) is 4.31. The number of nitrogens with zero attached hydrogens (tertiary/aromatic N) is 2. The molecule has 100 valence electrons. The number of halogens is 2. The highest BCUT2D eigenvalue weighted by atomic mass is 79.9. The van der Waals surface area contributed by atoms with E-state index in [4.69, 9.17) is 10.5 Å². The van der Waals surface area contributed by atoms with Crippen LogP contribution in [0.3, 0.4) is 0 Å². The van der Waals surface area contributed by atoms with Gasteiger partial charge in [0.25, 0.3) is 0 Å². The molecule has 0 saturated carbocycles. The number of aromatic nitrogens is 2. The first-order valence-corrected chi connectivity index (χ1v) is 6.63. The van der Waals surface area contributed by atoms with Gasteiger partial charge in [-0.25, -0.2) is 14.4 Å². The standard InChI is InChI=1S/C13H13BrFN3O/c1-2-3-9-12(16)17-7-18-13(9)19-11-5-4-8(14)6-10(11)15/h4-7H,2-3H2,1H3,(H2,16,17,18). The van der Waals surface area contributed by atoms with Crippen LogP contribution in [0.15, 0.2) is 29.0 Å². The van der Waals surface area contributed by atoms with Crippen molar-refractivity contribution in [3.8, 4) is 11.6 Å². The summed E-state index contributed by atoms with van der Waals surface area (Å²) in [6.07, 6.45) is 2.86. The molecule has 0 amide bonds. The van der Waals surface area contributed by atoms with Gasteiger partial charge >= 0.3 is 0 Å². The molecule has 0 aliphatic rings. The second-order valence-electron chi connectivity index (χ2n) is 3.97. The number of benzene rings is 1. The quantitative estimate of drug-likeness (QED) is 0.930. The number of anilines is 1. The first-order valence-electron chi connectivity index (χ1n) is 5.84. The zero-order valence-corrected chi connectivity index (χ0v) is 11.9. The smallest absolute Gasteiger partial charge is 0.227 e. The highest BCUT2D eigenvalue weighted by Gasteiger charge is 2.13. The van der Waals surface area contributed by atoms with E-state index in [1.807, 2.05) is 6.92 Å². The van der Waals surface area contributed by atoms with Crippen LogP contribution in [0.5, 0.6) is 11.6 Å². The maximum atomic E-state index is 13.7. The largest absolute Gasteiger partial charge is 0.435 e. The number of ether oxygens (including phenoxy) is 1. The Morgan fingerprint density at radius 3 is 2.84 bits per heavy atom. The molecule has 2 aromatic rings. The highest BCUT2D eigenvalue weighted by molar-refractivity contribution is 9.10. The minimum atomic E-state index is -0.464. The van der Waals surface area contributed by atoms with Gasteiger partial charge < -0.3 is 10.5 Å². The maximum Gasteiger partial charge on any atom is 0.227 e. The molecule has 19 heavy (non-hydrogen) atoms. The van der Waals surface area contributed by atoms with Crippen LogP contribution >= 0.6 is 15.9 Å². The van der Waals surface area contributed by atoms with E-state index < -0.39 is 5.82 Å². The van der Waals surface area contributed by atoms with Gasteiger partial charge in [-0.1, -0.05) is 29.3 Å². The fourth-order valence-electron chi connectivity index (χ4n) is 1.64. The molecule has 0 spiro atoms. The van der Waals surface area contributed by atoms with E-state index >= 15 is 0 Å². The summed E-state index contributed by atoms with van der Waals surface area (Å²) in [4.78, 5) is 7.95. The lowest BCUT2D eigenvalue weighted by molar-refractivity contribution is 0.421. The maximum absolute atomic E-state index is 13.7. The molecule has 0 atom stereocenters. The zero-order valence-electron chi connectivity index (χ0n) is 10.4. The Labute approximate surface area is 119 Å². The molecule has 1 aromatic heterocycles. The van der Waals surface area contributed by atoms with Crippen LogP contribution in [0.4, 0.5) is 10.2 Å². The van der Waals surface area contributed by atoms with Crippen molar-refractivity contribution in [3.05, 3.63) is 40.4 Å². The minimum absolute atomic E-state index is 0.110. The Morgan fingerprint density at radius 2 is 2.16 bits per heavy atom. The summed E-state index contributed by atoms with van der Waals surface area (Å²) in [5.74, 6) is 0.313. The molecule has 2 rings (SSSR count). The first kappa shape index (κ1) is 13.7. The number of rotatable bonds is 4. The third-order valence-electron chi connectivity index (χ3n) is 2.54. The highest BCUT2D eigenvalue weighted by Crippen LogP contribution is 2.29. The molecule has 6 heteroatoms. The van der Waals surface area contributed by atoms with Gasteiger partial charge in [-0.3, -0.25) is 0 Å². The van der Waals surface area contributed by atoms with E-state index in [1.54, 1.807) is 6.07 Å². The van der Waals surface area contributed by atoms with Crippen LogP contribution in [0.2, 0.25) is 0 Å². The van der Waals surface area contributed by atoms with Crippen molar-refractivity contribution in [2.24, 2.45) is 0 Å². The lowest BCUT2D eigenvalue weighted by Crippen LogP contribution is -2.03. The summed E-state index contributed by atoms with van der Waals surface area (Å²) in [5, 5.41) is 0. The molecule has 0 saturated heterocycles. The molecule has 1 aromatic carbocycles. The summed E-state index contributed by atoms with van der Waals surface area (Å²) in [6.45, 7) is 2.01. The number of nitrogens with two attached hydrogens (primary N) is 1. The van der Waals surface area contributed by atoms with Gasteiger partial charge in [0.1, 0.15) is 12.1 Å². The van der Waals surface area contributed by atoms with Gasteiger partial charge in [0.2, 0.25) is 5.88 Å². The van der Waals surface area contributed by atoms with E-state index in [0.29, 0.717) is 28.2 Å². The van der Waals surface area contributed by atoms with Crippen molar-refractivity contribution in [1.29, 1.82) is 0 Å². The van der Waals surface area contributed by atoms with Crippen LogP contribution in [-0.4, -0.2) is 9.97 Å². The van der Waals surface area contributed by atoms with Crippen LogP contribution in [0, 0.1) is 5.82 Å². The molecule has 0 aliphatic heterocycles. The summed E-state index contributed by atoms with van der Waals surface area (Å²) < 4.78 is 19.9. The molecular weight excluding hydrogens is 313 g/mol. The van der Waals surface area contributed by atoms with E-state index in [1.165, 1.54) is 18.5 Å². The van der Waals surface area contributed by atoms with Crippen molar-refractivity contribution >= 4 is 21.7 Å². The molecule has 2 N–H and O–H groups in total. The van der Waals surface area contributed by atoms with Crippen molar-refractivity contribution in [3.63, 3.8) is 0 Å². The lowest BCUT2D eigenvalue weighted by atomic mass is 10.2. The molecule has 0 aliphatic carbocycles. The molecule has 0 radical (unpaired) electrons. The average molecular weight is 326 g/mol. The molecule has 0 fully saturated rings. The van der Waals surface area contributed by atoms with Crippen molar-refractivity contribution in [1.82, 2.24) is 9.97 Å². The Morgan fingerprint density at radius 1 is 1.37 bits per heavy atom. The second kappa shape index (κ2) is 5.97. The van der Waals surface area contributed by atoms with E-state index in [0.717, 1.165) is 6.42 Å². The molecule has 4 nitrogen and oxygen atoms in total. The number of hydrogen-bond donors (Lipinski definition) is 1. The molecule has 1 heterocycles. The second-order valence-corrected chi connectivity index (χ2v) is 4.89. The van der Waals surface area contributed by atoms with Gasteiger partial charge in [-0.15, -0.1) is 0 Å². The van der Waals surface area contributed by atoms with Crippen LogP contribution < -0.4 is 10.5 Å². The van der Waals surface area contributed by atoms with Crippen molar-refractivity contribution < 1.29 is 9.13 Å². The lowest BCUT2D eigenvalue weighted by Gasteiger charge is -2.11. The topological polar surface area (TPSA) is 61.0 Å². The monoisotopic (exact) mass is 325 g/mol. The van der Waals surface area contributed by atoms with E-state index in [9.17, 15) is 4.39 Å². The third-order valence-corrected chi connectivity index (χ3v) is 3.03. The summed E-state index contributed by atoms with van der Waals surface area (Å²) in [7, 11) is 0. The first-order chi connectivity index (χ1) is 9.11. The fraction of sp³-hybridized carbons (Fsp3) is 0.231. The van der Waals surface area contributed by atoms with Crippen molar-refractivity contribution in [2.75, 3.05) is 5.73 Å². The molecule has 0 bridgehead atoms.